The summed E-state index contributed by atoms with van der Waals surface area (Å²) in [5.41, 5.74) is 0.111. The Morgan fingerprint density at radius 3 is 2.38 bits per heavy atom. The van der Waals surface area contributed by atoms with Crippen LogP contribution in [0.2, 0.25) is 0 Å². The number of rotatable bonds is 2. The highest BCUT2D eigenvalue weighted by molar-refractivity contribution is 5.87. The lowest BCUT2D eigenvalue weighted by atomic mass is 10.2. The SMILES string of the molecule is CC(C)(C)OC(=O)N1CC(=O)CCN1C(=O)OCc1ccccc1. The van der Waals surface area contributed by atoms with Crippen molar-refractivity contribution in [3.05, 3.63) is 35.9 Å². The second kappa shape index (κ2) is 7.33. The van der Waals surface area contributed by atoms with Crippen molar-refractivity contribution in [3.63, 3.8) is 0 Å². The van der Waals surface area contributed by atoms with Crippen LogP contribution < -0.4 is 0 Å². The van der Waals surface area contributed by atoms with Gasteiger partial charge in [-0.1, -0.05) is 30.3 Å². The Hall–Kier alpha value is -2.57. The van der Waals surface area contributed by atoms with Crippen molar-refractivity contribution in [2.75, 3.05) is 13.1 Å². The minimum absolute atomic E-state index is 0.0890. The molecule has 2 rings (SSSR count). The molecule has 1 aliphatic heterocycles. The smallest absolute Gasteiger partial charge is 0.429 e. The zero-order valence-corrected chi connectivity index (χ0v) is 14.2. The molecular formula is C17H22N2O5. The van der Waals surface area contributed by atoms with Gasteiger partial charge in [-0.15, -0.1) is 0 Å². The number of ketones is 1. The van der Waals surface area contributed by atoms with Gasteiger partial charge in [0.15, 0.2) is 5.78 Å². The molecule has 0 unspecified atom stereocenters. The number of hydrogen-bond acceptors (Lipinski definition) is 5. The lowest BCUT2D eigenvalue weighted by Crippen LogP contribution is -2.56. The molecule has 0 aliphatic carbocycles. The second-order valence-corrected chi connectivity index (χ2v) is 6.49. The van der Waals surface area contributed by atoms with Gasteiger partial charge in [-0.2, -0.15) is 0 Å². The Kier molecular flexibility index (Phi) is 5.43. The number of ether oxygens (including phenoxy) is 2. The fourth-order valence-electron chi connectivity index (χ4n) is 2.14. The molecule has 7 heteroatoms. The van der Waals surface area contributed by atoms with Crippen molar-refractivity contribution in [2.45, 2.75) is 39.4 Å². The molecule has 1 aromatic rings. The third-order valence-corrected chi connectivity index (χ3v) is 3.24. The molecule has 7 nitrogen and oxygen atoms in total. The van der Waals surface area contributed by atoms with Crippen molar-refractivity contribution in [2.24, 2.45) is 0 Å². The van der Waals surface area contributed by atoms with Gasteiger partial charge in [0.1, 0.15) is 18.8 Å². The molecule has 0 aromatic heterocycles. The molecule has 24 heavy (non-hydrogen) atoms. The van der Waals surface area contributed by atoms with E-state index in [4.69, 9.17) is 9.47 Å². The first kappa shape index (κ1) is 17.8. The molecule has 0 bridgehead atoms. The van der Waals surface area contributed by atoms with Crippen LogP contribution in [0.1, 0.15) is 32.8 Å². The van der Waals surface area contributed by atoms with Crippen molar-refractivity contribution in [1.29, 1.82) is 0 Å². The van der Waals surface area contributed by atoms with Crippen LogP contribution in [0.5, 0.6) is 0 Å². The quantitative estimate of drug-likeness (QED) is 0.831. The molecule has 0 N–H and O–H groups in total. The topological polar surface area (TPSA) is 76.2 Å². The van der Waals surface area contributed by atoms with Gasteiger partial charge >= 0.3 is 12.2 Å². The number of hydrogen-bond donors (Lipinski definition) is 0. The maximum Gasteiger partial charge on any atom is 0.429 e. The van der Waals surface area contributed by atoms with Crippen molar-refractivity contribution >= 4 is 18.0 Å². The highest BCUT2D eigenvalue weighted by Crippen LogP contribution is 2.16. The molecule has 0 radical (unpaired) electrons. The number of amides is 2. The van der Waals surface area contributed by atoms with Crippen LogP contribution in [0.25, 0.3) is 0 Å². The van der Waals surface area contributed by atoms with E-state index in [1.165, 1.54) is 0 Å². The predicted octanol–water partition coefficient (Wildman–Crippen LogP) is 2.75. The van der Waals surface area contributed by atoms with Crippen LogP contribution in [0.4, 0.5) is 9.59 Å². The van der Waals surface area contributed by atoms with Crippen molar-refractivity contribution in [3.8, 4) is 0 Å². The summed E-state index contributed by atoms with van der Waals surface area (Å²) in [5.74, 6) is -0.132. The van der Waals surface area contributed by atoms with E-state index in [2.05, 4.69) is 0 Å². The van der Waals surface area contributed by atoms with Gasteiger partial charge in [-0.25, -0.2) is 19.6 Å². The third-order valence-electron chi connectivity index (χ3n) is 3.24. The summed E-state index contributed by atoms with van der Waals surface area (Å²) in [7, 11) is 0. The lowest BCUT2D eigenvalue weighted by Gasteiger charge is -2.37. The van der Waals surface area contributed by atoms with Gasteiger partial charge in [0.05, 0.1) is 6.54 Å². The number of carbonyl (C=O) groups is 3. The Morgan fingerprint density at radius 1 is 1.08 bits per heavy atom. The number of Topliss-reactive ketones (excluding diaryl/α,β-unsaturated/α-hetero) is 1. The number of carbonyl (C=O) groups excluding carboxylic acids is 3. The maximum absolute atomic E-state index is 12.3. The number of hydrazine groups is 1. The van der Waals surface area contributed by atoms with Crippen LogP contribution in [0, 0.1) is 0 Å². The Bertz CT molecular complexity index is 609. The minimum atomic E-state index is -0.743. The summed E-state index contributed by atoms with van der Waals surface area (Å²) < 4.78 is 10.5. The molecule has 2 amide bonds. The summed E-state index contributed by atoms with van der Waals surface area (Å²) in [5, 5.41) is 2.13. The van der Waals surface area contributed by atoms with E-state index in [9.17, 15) is 14.4 Å². The van der Waals surface area contributed by atoms with Crippen LogP contribution >= 0.6 is 0 Å². The zero-order chi connectivity index (χ0) is 17.7. The first-order valence-corrected chi connectivity index (χ1v) is 7.76. The minimum Gasteiger partial charge on any atom is -0.443 e. The average molecular weight is 334 g/mol. The highest BCUT2D eigenvalue weighted by Gasteiger charge is 2.35. The van der Waals surface area contributed by atoms with E-state index in [1.807, 2.05) is 30.3 Å². The number of nitrogens with zero attached hydrogens (tertiary/aromatic N) is 2. The summed E-state index contributed by atoms with van der Waals surface area (Å²) in [6.07, 6.45) is -1.25. The van der Waals surface area contributed by atoms with Gasteiger partial charge in [-0.05, 0) is 26.3 Å². The molecule has 0 spiro atoms. The van der Waals surface area contributed by atoms with E-state index in [-0.39, 0.29) is 31.9 Å². The van der Waals surface area contributed by atoms with E-state index in [0.29, 0.717) is 0 Å². The summed E-state index contributed by atoms with van der Waals surface area (Å²) in [6, 6.07) is 9.22. The molecule has 0 atom stereocenters. The van der Waals surface area contributed by atoms with Gasteiger partial charge in [-0.3, -0.25) is 4.79 Å². The first-order chi connectivity index (χ1) is 11.3. The molecule has 1 fully saturated rings. The van der Waals surface area contributed by atoms with Crippen LogP contribution in [0.15, 0.2) is 30.3 Å². The normalized spacial score (nSPS) is 15.2. The first-order valence-electron chi connectivity index (χ1n) is 7.76. The molecule has 1 aromatic carbocycles. The van der Waals surface area contributed by atoms with Crippen molar-refractivity contribution in [1.82, 2.24) is 10.0 Å². The standard InChI is InChI=1S/C17H22N2O5/c1-17(2,3)24-16(22)19-11-14(20)9-10-18(19)15(21)23-12-13-7-5-4-6-8-13/h4-8H,9-12H2,1-3H3. The van der Waals surface area contributed by atoms with Crippen LogP contribution in [0.3, 0.4) is 0 Å². The number of benzene rings is 1. The van der Waals surface area contributed by atoms with Gasteiger partial charge in [0.25, 0.3) is 0 Å². The zero-order valence-electron chi connectivity index (χ0n) is 14.2. The Labute approximate surface area is 141 Å². The molecule has 1 aliphatic rings. The fraction of sp³-hybridized carbons (Fsp3) is 0.471. The molecular weight excluding hydrogens is 312 g/mol. The van der Waals surface area contributed by atoms with E-state index < -0.39 is 17.8 Å². The van der Waals surface area contributed by atoms with Crippen LogP contribution in [-0.2, 0) is 20.9 Å². The average Bonchev–Trinajstić information content (AvgIpc) is 2.52. The van der Waals surface area contributed by atoms with E-state index in [1.54, 1.807) is 20.8 Å². The van der Waals surface area contributed by atoms with Gasteiger partial charge < -0.3 is 9.47 Å². The molecule has 1 saturated heterocycles. The monoisotopic (exact) mass is 334 g/mol. The predicted molar refractivity (Wildman–Crippen MR) is 85.9 cm³/mol. The van der Waals surface area contributed by atoms with E-state index >= 15 is 0 Å². The largest absolute Gasteiger partial charge is 0.443 e. The second-order valence-electron chi connectivity index (χ2n) is 6.49. The third kappa shape index (κ3) is 4.97. The Morgan fingerprint density at radius 2 is 1.75 bits per heavy atom. The summed E-state index contributed by atoms with van der Waals surface area (Å²) >= 11 is 0. The fourth-order valence-corrected chi connectivity index (χ4v) is 2.14. The Balaban J connectivity index is 2.02. The maximum atomic E-state index is 12.3. The summed E-state index contributed by atoms with van der Waals surface area (Å²) in [4.78, 5) is 36.2. The summed E-state index contributed by atoms with van der Waals surface area (Å²) in [6.45, 7) is 5.13. The van der Waals surface area contributed by atoms with Crippen LogP contribution in [-0.4, -0.2) is 46.7 Å². The molecule has 0 saturated carbocycles. The van der Waals surface area contributed by atoms with Crippen molar-refractivity contribution < 1.29 is 23.9 Å². The van der Waals surface area contributed by atoms with E-state index in [0.717, 1.165) is 15.6 Å². The van der Waals surface area contributed by atoms with Gasteiger partial charge in [0.2, 0.25) is 0 Å². The highest BCUT2D eigenvalue weighted by atomic mass is 16.6. The molecule has 130 valence electrons. The van der Waals surface area contributed by atoms with Gasteiger partial charge in [0, 0.05) is 6.42 Å². The molecule has 1 heterocycles. The lowest BCUT2D eigenvalue weighted by molar-refractivity contribution is -0.131.